The van der Waals surface area contributed by atoms with Crippen LogP contribution in [0.3, 0.4) is 0 Å². The van der Waals surface area contributed by atoms with Crippen LogP contribution in [0.2, 0.25) is 0 Å². The third kappa shape index (κ3) is 6.71. The Kier molecular flexibility index (Phi) is 7.06. The molecule has 1 amide bonds. The molecule has 0 radical (unpaired) electrons. The van der Waals surface area contributed by atoms with Crippen molar-refractivity contribution in [2.75, 3.05) is 6.54 Å². The summed E-state index contributed by atoms with van der Waals surface area (Å²) in [6.07, 6.45) is -3.50. The minimum atomic E-state index is -4.45. The molecule has 1 aromatic carbocycles. The molecule has 1 unspecified atom stereocenters. The Morgan fingerprint density at radius 1 is 1.22 bits per heavy atom. The first-order valence-corrected chi connectivity index (χ1v) is 7.36. The maximum Gasteiger partial charge on any atom is 0.416 e. The predicted molar refractivity (Wildman–Crippen MR) is 79.0 cm³/mol. The molecule has 0 aromatic heterocycles. The number of hydrogen-bond donors (Lipinski definition) is 2. The van der Waals surface area contributed by atoms with E-state index in [-0.39, 0.29) is 24.3 Å². The van der Waals surface area contributed by atoms with Crippen LogP contribution in [-0.4, -0.2) is 23.5 Å². The van der Waals surface area contributed by atoms with Crippen molar-refractivity contribution in [3.63, 3.8) is 0 Å². The van der Waals surface area contributed by atoms with Crippen LogP contribution >= 0.6 is 0 Å². The topological polar surface area (TPSA) is 66.4 Å². The van der Waals surface area contributed by atoms with Crippen molar-refractivity contribution in [3.05, 3.63) is 35.4 Å². The molecule has 128 valence electrons. The third-order valence-electron chi connectivity index (χ3n) is 3.43. The molecule has 1 atom stereocenters. The quantitative estimate of drug-likeness (QED) is 0.716. The summed E-state index contributed by atoms with van der Waals surface area (Å²) in [5.74, 6) is -1.80. The molecule has 0 fully saturated rings. The highest BCUT2D eigenvalue weighted by atomic mass is 19.4. The van der Waals surface area contributed by atoms with Gasteiger partial charge in [0, 0.05) is 19.4 Å². The van der Waals surface area contributed by atoms with Gasteiger partial charge < -0.3 is 10.4 Å². The molecule has 1 aromatic rings. The second-order valence-electron chi connectivity index (χ2n) is 5.39. The van der Waals surface area contributed by atoms with Crippen LogP contribution in [0.15, 0.2) is 24.3 Å². The number of carboxylic acid groups (broad SMARTS) is 1. The number of benzene rings is 1. The molecule has 0 aliphatic carbocycles. The third-order valence-corrected chi connectivity index (χ3v) is 3.43. The number of nitrogens with one attached hydrogen (secondary N) is 1. The number of carboxylic acids is 1. The first-order valence-electron chi connectivity index (χ1n) is 7.36. The Morgan fingerprint density at radius 2 is 1.87 bits per heavy atom. The number of amides is 1. The number of alkyl halides is 3. The first-order chi connectivity index (χ1) is 10.7. The minimum Gasteiger partial charge on any atom is -0.481 e. The SMILES string of the molecule is CC(CC(=O)NCCCCC(=O)O)c1ccccc1C(F)(F)F. The van der Waals surface area contributed by atoms with E-state index in [4.69, 9.17) is 5.11 Å². The van der Waals surface area contributed by atoms with E-state index in [0.717, 1.165) is 6.07 Å². The fourth-order valence-corrected chi connectivity index (χ4v) is 2.27. The molecule has 0 aliphatic rings. The summed E-state index contributed by atoms with van der Waals surface area (Å²) in [7, 11) is 0. The zero-order valence-corrected chi connectivity index (χ0v) is 12.8. The van der Waals surface area contributed by atoms with E-state index in [0.29, 0.717) is 19.4 Å². The van der Waals surface area contributed by atoms with Gasteiger partial charge >= 0.3 is 12.1 Å². The zero-order chi connectivity index (χ0) is 17.5. The number of unbranched alkanes of at least 4 members (excludes halogenated alkanes) is 1. The van der Waals surface area contributed by atoms with Crippen LogP contribution in [0, 0.1) is 0 Å². The van der Waals surface area contributed by atoms with Crippen LogP contribution in [0.4, 0.5) is 13.2 Å². The summed E-state index contributed by atoms with van der Waals surface area (Å²) in [4.78, 5) is 22.1. The number of rotatable bonds is 8. The average Bonchev–Trinajstić information content (AvgIpc) is 2.45. The van der Waals surface area contributed by atoms with Gasteiger partial charge in [-0.3, -0.25) is 9.59 Å². The highest BCUT2D eigenvalue weighted by Gasteiger charge is 2.34. The first kappa shape index (κ1) is 19.0. The summed E-state index contributed by atoms with van der Waals surface area (Å²) in [5, 5.41) is 11.1. The van der Waals surface area contributed by atoms with Crippen LogP contribution in [0.25, 0.3) is 0 Å². The van der Waals surface area contributed by atoms with E-state index in [9.17, 15) is 22.8 Å². The van der Waals surface area contributed by atoms with Gasteiger partial charge in [-0.25, -0.2) is 0 Å². The van der Waals surface area contributed by atoms with Crippen molar-refractivity contribution in [3.8, 4) is 0 Å². The Morgan fingerprint density at radius 3 is 2.48 bits per heavy atom. The normalized spacial score (nSPS) is 12.7. The molecule has 0 aliphatic heterocycles. The van der Waals surface area contributed by atoms with E-state index in [2.05, 4.69) is 5.32 Å². The van der Waals surface area contributed by atoms with Crippen molar-refractivity contribution in [1.29, 1.82) is 0 Å². The molecular weight excluding hydrogens is 311 g/mol. The van der Waals surface area contributed by atoms with Gasteiger partial charge in [0.25, 0.3) is 0 Å². The molecule has 4 nitrogen and oxygen atoms in total. The number of carbonyl (C=O) groups excluding carboxylic acids is 1. The molecule has 23 heavy (non-hydrogen) atoms. The molecule has 1 rings (SSSR count). The van der Waals surface area contributed by atoms with E-state index in [1.807, 2.05) is 0 Å². The van der Waals surface area contributed by atoms with Crippen LogP contribution < -0.4 is 5.32 Å². The van der Waals surface area contributed by atoms with Crippen molar-refractivity contribution in [2.45, 2.75) is 44.7 Å². The van der Waals surface area contributed by atoms with Gasteiger partial charge in [0.05, 0.1) is 5.56 Å². The van der Waals surface area contributed by atoms with E-state index < -0.39 is 23.6 Å². The standard InChI is InChI=1S/C16H20F3NO3/c1-11(10-14(21)20-9-5-4-8-15(22)23)12-6-2-3-7-13(12)16(17,18)19/h2-3,6-7,11H,4-5,8-10H2,1H3,(H,20,21)(H,22,23). The van der Waals surface area contributed by atoms with Crippen LogP contribution in [-0.2, 0) is 15.8 Å². The highest BCUT2D eigenvalue weighted by Crippen LogP contribution is 2.35. The van der Waals surface area contributed by atoms with Gasteiger partial charge in [0.2, 0.25) is 5.91 Å². The number of aliphatic carboxylic acids is 1. The summed E-state index contributed by atoms with van der Waals surface area (Å²) in [5.41, 5.74) is -0.622. The summed E-state index contributed by atoms with van der Waals surface area (Å²) in [6, 6.07) is 5.23. The summed E-state index contributed by atoms with van der Waals surface area (Å²) >= 11 is 0. The molecule has 0 saturated heterocycles. The molecule has 2 N–H and O–H groups in total. The monoisotopic (exact) mass is 331 g/mol. The lowest BCUT2D eigenvalue weighted by atomic mass is 9.92. The minimum absolute atomic E-state index is 0.0330. The van der Waals surface area contributed by atoms with Crippen molar-refractivity contribution < 1.29 is 27.9 Å². The maximum atomic E-state index is 13.0. The Hall–Kier alpha value is -2.05. The second-order valence-corrected chi connectivity index (χ2v) is 5.39. The lowest BCUT2D eigenvalue weighted by molar-refractivity contribution is -0.139. The predicted octanol–water partition coefficient (Wildman–Crippen LogP) is 3.57. The molecule has 0 spiro atoms. The largest absolute Gasteiger partial charge is 0.481 e. The van der Waals surface area contributed by atoms with Crippen molar-refractivity contribution >= 4 is 11.9 Å². The Balaban J connectivity index is 2.52. The van der Waals surface area contributed by atoms with Gasteiger partial charge in [-0.1, -0.05) is 25.1 Å². The molecule has 0 bridgehead atoms. The Bertz CT molecular complexity index is 544. The number of hydrogen-bond acceptors (Lipinski definition) is 2. The second kappa shape index (κ2) is 8.55. The zero-order valence-electron chi connectivity index (χ0n) is 12.8. The maximum absolute atomic E-state index is 13.0. The Labute approximate surface area is 132 Å². The van der Waals surface area contributed by atoms with Crippen molar-refractivity contribution in [1.82, 2.24) is 5.32 Å². The van der Waals surface area contributed by atoms with E-state index >= 15 is 0 Å². The van der Waals surface area contributed by atoms with Gasteiger partial charge in [-0.15, -0.1) is 0 Å². The molecule has 7 heteroatoms. The fourth-order valence-electron chi connectivity index (χ4n) is 2.27. The van der Waals surface area contributed by atoms with Crippen LogP contribution in [0.5, 0.6) is 0 Å². The average molecular weight is 331 g/mol. The molecule has 0 saturated carbocycles. The van der Waals surface area contributed by atoms with Crippen molar-refractivity contribution in [2.24, 2.45) is 0 Å². The van der Waals surface area contributed by atoms with Gasteiger partial charge in [-0.2, -0.15) is 13.2 Å². The summed E-state index contributed by atoms with van der Waals surface area (Å²) in [6.45, 7) is 1.90. The number of halogens is 3. The van der Waals surface area contributed by atoms with E-state index in [1.165, 1.54) is 18.2 Å². The van der Waals surface area contributed by atoms with E-state index in [1.54, 1.807) is 6.92 Å². The van der Waals surface area contributed by atoms with Gasteiger partial charge in [0.1, 0.15) is 0 Å². The summed E-state index contributed by atoms with van der Waals surface area (Å²) < 4.78 is 38.9. The fraction of sp³-hybridized carbons (Fsp3) is 0.500. The van der Waals surface area contributed by atoms with Gasteiger partial charge in [-0.05, 0) is 30.4 Å². The molecule has 0 heterocycles. The molecular formula is C16H20F3NO3. The smallest absolute Gasteiger partial charge is 0.416 e. The lowest BCUT2D eigenvalue weighted by Gasteiger charge is -2.18. The van der Waals surface area contributed by atoms with Gasteiger partial charge in [0.15, 0.2) is 0 Å². The number of carbonyl (C=O) groups is 2. The van der Waals surface area contributed by atoms with Crippen LogP contribution in [0.1, 0.15) is 49.7 Å². The highest BCUT2D eigenvalue weighted by molar-refractivity contribution is 5.76. The lowest BCUT2D eigenvalue weighted by Crippen LogP contribution is -2.26.